The van der Waals surface area contributed by atoms with Crippen molar-refractivity contribution in [3.8, 4) is 0 Å². The number of nitrogens with one attached hydrogen (secondary N) is 2. The molecule has 146 valence electrons. The number of carbonyl (C=O) groups is 1. The Hall–Kier alpha value is -2.52. The molecule has 0 aliphatic rings. The van der Waals surface area contributed by atoms with Crippen LogP contribution in [0.1, 0.15) is 28.6 Å². The Morgan fingerprint density at radius 3 is 2.75 bits per heavy atom. The normalized spacial score (nSPS) is 12.1. The highest BCUT2D eigenvalue weighted by atomic mass is 32.2. The summed E-state index contributed by atoms with van der Waals surface area (Å²) in [6, 6.07) is 11.9. The lowest BCUT2D eigenvalue weighted by Crippen LogP contribution is -2.29. The number of amides is 1. The molecule has 1 aromatic heterocycles. The second-order valence-corrected chi connectivity index (χ2v) is 7.92. The largest absolute Gasteiger partial charge is 0.342 e. The lowest BCUT2D eigenvalue weighted by molar-refractivity contribution is -0.387. The SMILES string of the molecule is CSCCC(NC(=O)c1ccc(SC)c([N+](=O)[O-])c1)c1nc2ccccc2[nH]1. The van der Waals surface area contributed by atoms with Gasteiger partial charge in [-0.3, -0.25) is 14.9 Å². The fourth-order valence-electron chi connectivity index (χ4n) is 2.87. The Bertz CT molecular complexity index is 973. The Kier molecular flexibility index (Phi) is 6.58. The summed E-state index contributed by atoms with van der Waals surface area (Å²) >= 11 is 2.96. The van der Waals surface area contributed by atoms with E-state index < -0.39 is 4.92 Å². The van der Waals surface area contributed by atoms with E-state index >= 15 is 0 Å². The van der Waals surface area contributed by atoms with Crippen LogP contribution in [0.5, 0.6) is 0 Å². The fraction of sp³-hybridized carbons (Fsp3) is 0.263. The van der Waals surface area contributed by atoms with Crippen LogP contribution in [0.2, 0.25) is 0 Å². The van der Waals surface area contributed by atoms with E-state index in [1.165, 1.54) is 17.8 Å². The zero-order chi connectivity index (χ0) is 20.1. The predicted molar refractivity (Wildman–Crippen MR) is 114 cm³/mol. The molecule has 0 saturated carbocycles. The number of nitro benzene ring substituents is 1. The molecule has 0 spiro atoms. The maximum absolute atomic E-state index is 12.8. The van der Waals surface area contributed by atoms with E-state index in [2.05, 4.69) is 15.3 Å². The van der Waals surface area contributed by atoms with Gasteiger partial charge in [-0.05, 0) is 49.0 Å². The van der Waals surface area contributed by atoms with Gasteiger partial charge >= 0.3 is 0 Å². The molecule has 1 atom stereocenters. The van der Waals surface area contributed by atoms with E-state index in [0.29, 0.717) is 17.1 Å². The number of carbonyl (C=O) groups excluding carboxylic acids is 1. The van der Waals surface area contributed by atoms with Gasteiger partial charge in [0.25, 0.3) is 11.6 Å². The molecule has 1 heterocycles. The molecule has 7 nitrogen and oxygen atoms in total. The molecule has 1 unspecified atom stereocenters. The van der Waals surface area contributed by atoms with E-state index in [4.69, 9.17) is 0 Å². The van der Waals surface area contributed by atoms with Gasteiger partial charge in [-0.25, -0.2) is 4.98 Å². The zero-order valence-corrected chi connectivity index (χ0v) is 17.1. The zero-order valence-electron chi connectivity index (χ0n) is 15.5. The van der Waals surface area contributed by atoms with Crippen molar-refractivity contribution < 1.29 is 9.72 Å². The summed E-state index contributed by atoms with van der Waals surface area (Å²) in [7, 11) is 0. The summed E-state index contributed by atoms with van der Waals surface area (Å²) in [6.07, 6.45) is 4.46. The molecule has 0 aliphatic heterocycles. The number of nitrogens with zero attached hydrogens (tertiary/aromatic N) is 2. The summed E-state index contributed by atoms with van der Waals surface area (Å²) in [5.41, 5.74) is 1.93. The number of para-hydroxylation sites is 2. The van der Waals surface area contributed by atoms with Gasteiger partial charge in [0.2, 0.25) is 0 Å². The lowest BCUT2D eigenvalue weighted by atomic mass is 10.1. The lowest BCUT2D eigenvalue weighted by Gasteiger charge is -2.16. The van der Waals surface area contributed by atoms with Gasteiger partial charge in [0.1, 0.15) is 5.82 Å². The molecule has 9 heteroatoms. The van der Waals surface area contributed by atoms with Crippen LogP contribution in [0.15, 0.2) is 47.4 Å². The second-order valence-electron chi connectivity index (χ2n) is 6.09. The fourth-order valence-corrected chi connectivity index (χ4v) is 3.88. The monoisotopic (exact) mass is 416 g/mol. The van der Waals surface area contributed by atoms with Crippen LogP contribution in [-0.2, 0) is 0 Å². The summed E-state index contributed by atoms with van der Waals surface area (Å²) < 4.78 is 0. The smallest absolute Gasteiger partial charge is 0.283 e. The molecule has 0 aliphatic carbocycles. The number of nitro groups is 1. The summed E-state index contributed by atoms with van der Waals surface area (Å²) in [5.74, 6) is 1.16. The third-order valence-electron chi connectivity index (χ3n) is 4.29. The Morgan fingerprint density at radius 2 is 2.07 bits per heavy atom. The van der Waals surface area contributed by atoms with Gasteiger partial charge in [-0.15, -0.1) is 11.8 Å². The van der Waals surface area contributed by atoms with Gasteiger partial charge in [0.05, 0.1) is 26.9 Å². The van der Waals surface area contributed by atoms with Crippen molar-refractivity contribution in [1.29, 1.82) is 0 Å². The predicted octanol–water partition coefficient (Wildman–Crippen LogP) is 4.42. The molecular weight excluding hydrogens is 396 g/mol. The van der Waals surface area contributed by atoms with Crippen LogP contribution in [0.3, 0.4) is 0 Å². The number of fused-ring (bicyclic) bond motifs is 1. The van der Waals surface area contributed by atoms with Crippen LogP contribution >= 0.6 is 23.5 Å². The quantitative estimate of drug-likeness (QED) is 0.320. The highest BCUT2D eigenvalue weighted by molar-refractivity contribution is 7.98. The van der Waals surface area contributed by atoms with Crippen molar-refractivity contribution in [3.05, 3.63) is 64.0 Å². The molecule has 0 fully saturated rings. The number of hydrogen-bond acceptors (Lipinski definition) is 6. The number of aromatic amines is 1. The highest BCUT2D eigenvalue weighted by Gasteiger charge is 2.22. The van der Waals surface area contributed by atoms with Crippen LogP contribution in [-0.4, -0.2) is 39.1 Å². The van der Waals surface area contributed by atoms with Crippen LogP contribution in [0.4, 0.5) is 5.69 Å². The highest BCUT2D eigenvalue weighted by Crippen LogP contribution is 2.29. The molecule has 2 N–H and O–H groups in total. The molecule has 1 amide bonds. The molecule has 2 aromatic carbocycles. The first-order chi connectivity index (χ1) is 13.5. The minimum atomic E-state index is -0.465. The van der Waals surface area contributed by atoms with Crippen molar-refractivity contribution in [3.63, 3.8) is 0 Å². The van der Waals surface area contributed by atoms with Gasteiger partial charge in [0, 0.05) is 11.6 Å². The number of imidazole rings is 1. The van der Waals surface area contributed by atoms with Crippen molar-refractivity contribution in [2.24, 2.45) is 0 Å². The third kappa shape index (κ3) is 4.48. The van der Waals surface area contributed by atoms with Gasteiger partial charge in [-0.2, -0.15) is 11.8 Å². The summed E-state index contributed by atoms with van der Waals surface area (Å²) in [6.45, 7) is 0. The van der Waals surface area contributed by atoms with E-state index in [1.54, 1.807) is 30.2 Å². The first kappa shape index (κ1) is 20.2. The molecular formula is C19H20N4O3S2. The Balaban J connectivity index is 1.87. The second kappa shape index (κ2) is 9.11. The number of rotatable bonds is 8. The van der Waals surface area contributed by atoms with Crippen LogP contribution < -0.4 is 5.32 Å². The van der Waals surface area contributed by atoms with Crippen LogP contribution in [0, 0.1) is 10.1 Å². The number of hydrogen-bond donors (Lipinski definition) is 2. The molecule has 0 bridgehead atoms. The van der Waals surface area contributed by atoms with Gasteiger partial charge in [-0.1, -0.05) is 12.1 Å². The molecule has 3 rings (SSSR count). The molecule has 3 aromatic rings. The van der Waals surface area contributed by atoms with E-state index in [9.17, 15) is 14.9 Å². The van der Waals surface area contributed by atoms with Gasteiger partial charge in [0.15, 0.2) is 0 Å². The van der Waals surface area contributed by atoms with E-state index in [0.717, 1.165) is 16.8 Å². The number of H-pyrrole nitrogens is 1. The van der Waals surface area contributed by atoms with E-state index in [1.807, 2.05) is 30.5 Å². The maximum atomic E-state index is 12.8. The minimum absolute atomic E-state index is 0.0652. The molecule has 28 heavy (non-hydrogen) atoms. The molecule has 0 saturated heterocycles. The number of benzene rings is 2. The van der Waals surface area contributed by atoms with Gasteiger partial charge < -0.3 is 10.3 Å². The minimum Gasteiger partial charge on any atom is -0.342 e. The third-order valence-corrected chi connectivity index (χ3v) is 5.72. The first-order valence-electron chi connectivity index (χ1n) is 8.60. The van der Waals surface area contributed by atoms with Crippen molar-refractivity contribution >= 4 is 46.2 Å². The van der Waals surface area contributed by atoms with E-state index in [-0.39, 0.29) is 23.2 Å². The average molecular weight is 417 g/mol. The summed E-state index contributed by atoms with van der Waals surface area (Å²) in [5, 5.41) is 14.3. The molecule has 0 radical (unpaired) electrons. The van der Waals surface area contributed by atoms with Crippen molar-refractivity contribution in [2.75, 3.05) is 18.3 Å². The Morgan fingerprint density at radius 1 is 1.29 bits per heavy atom. The summed E-state index contributed by atoms with van der Waals surface area (Å²) in [4.78, 5) is 32.0. The first-order valence-corrected chi connectivity index (χ1v) is 11.2. The topological polar surface area (TPSA) is 101 Å². The van der Waals surface area contributed by atoms with Crippen LogP contribution in [0.25, 0.3) is 11.0 Å². The standard InChI is InChI=1S/C19H20N4O3S2/c1-27-10-9-15(18-20-13-5-3-4-6-14(13)21-18)22-19(24)12-7-8-17(28-2)16(11-12)23(25)26/h3-8,11,15H,9-10H2,1-2H3,(H,20,21)(H,22,24). The number of aromatic nitrogens is 2. The van der Waals surface area contributed by atoms with Crippen molar-refractivity contribution in [2.45, 2.75) is 17.4 Å². The average Bonchev–Trinajstić information content (AvgIpc) is 3.14. The Labute approximate surface area is 170 Å². The van der Waals surface area contributed by atoms with Crippen molar-refractivity contribution in [1.82, 2.24) is 15.3 Å². The maximum Gasteiger partial charge on any atom is 0.283 e. The number of thioether (sulfide) groups is 2.